The van der Waals surface area contributed by atoms with E-state index in [1.165, 1.54) is 0 Å². The van der Waals surface area contributed by atoms with Crippen LogP contribution in [0.4, 0.5) is 0 Å². The Bertz CT molecular complexity index is 314. The van der Waals surface area contributed by atoms with Gasteiger partial charge in [-0.25, -0.2) is 0 Å². The minimum absolute atomic E-state index is 0.00613. The second-order valence-corrected chi connectivity index (χ2v) is 5.08. The Kier molecular flexibility index (Phi) is 3.13. The van der Waals surface area contributed by atoms with E-state index in [1.54, 1.807) is 0 Å². The van der Waals surface area contributed by atoms with Gasteiger partial charge in [-0.1, -0.05) is 17.7 Å². The zero-order chi connectivity index (χ0) is 11.1. The summed E-state index contributed by atoms with van der Waals surface area (Å²) in [6.07, 6.45) is 5.73. The lowest BCUT2D eigenvalue weighted by Crippen LogP contribution is -2.40. The van der Waals surface area contributed by atoms with Crippen LogP contribution in [0, 0.1) is 5.92 Å². The highest BCUT2D eigenvalue weighted by Crippen LogP contribution is 2.38. The summed E-state index contributed by atoms with van der Waals surface area (Å²) >= 11 is 12.1. The Morgan fingerprint density at radius 3 is 2.80 bits per heavy atom. The molecule has 1 heterocycles. The molecule has 0 saturated carbocycles. The number of hydrogen-bond acceptors (Lipinski definition) is 2. The molecule has 0 N–H and O–H groups in total. The zero-order valence-corrected chi connectivity index (χ0v) is 10.3. The van der Waals surface area contributed by atoms with Crippen LogP contribution in [0.5, 0.6) is 0 Å². The third-order valence-electron chi connectivity index (χ3n) is 2.77. The molecule has 84 valence electrons. The topological polar surface area (TPSA) is 18.5 Å². The standard InChI is InChI=1S/C11H14Cl2O2/c1-7-6-14-11(2,15-7)9-4-3-8(12)5-10(9)13/h3-5,7,9-10H,6H2,1-2H3. The van der Waals surface area contributed by atoms with Gasteiger partial charge in [-0.2, -0.15) is 0 Å². The van der Waals surface area contributed by atoms with Crippen LogP contribution in [0.15, 0.2) is 23.3 Å². The normalized spacial score (nSPS) is 45.6. The second-order valence-electron chi connectivity index (χ2n) is 4.14. The zero-order valence-electron chi connectivity index (χ0n) is 8.74. The van der Waals surface area contributed by atoms with Gasteiger partial charge in [0.25, 0.3) is 0 Å². The molecule has 1 fully saturated rings. The van der Waals surface area contributed by atoms with Gasteiger partial charge in [0.05, 0.1) is 24.0 Å². The molecular weight excluding hydrogens is 235 g/mol. The second kappa shape index (κ2) is 4.10. The molecule has 2 aliphatic rings. The molecule has 0 bridgehead atoms. The monoisotopic (exact) mass is 248 g/mol. The first-order valence-electron chi connectivity index (χ1n) is 5.02. The van der Waals surface area contributed by atoms with Crippen LogP contribution >= 0.6 is 23.2 Å². The minimum atomic E-state index is -0.629. The van der Waals surface area contributed by atoms with Crippen molar-refractivity contribution in [2.24, 2.45) is 5.92 Å². The van der Waals surface area contributed by atoms with Gasteiger partial charge in [-0.05, 0) is 26.0 Å². The molecule has 0 radical (unpaired) electrons. The molecule has 0 amide bonds. The fourth-order valence-electron chi connectivity index (χ4n) is 2.00. The molecule has 1 aliphatic heterocycles. The van der Waals surface area contributed by atoms with Crippen LogP contribution in [0.1, 0.15) is 13.8 Å². The number of rotatable bonds is 1. The predicted molar refractivity (Wildman–Crippen MR) is 61.1 cm³/mol. The Morgan fingerprint density at radius 2 is 2.27 bits per heavy atom. The lowest BCUT2D eigenvalue weighted by molar-refractivity contribution is -0.177. The maximum atomic E-state index is 6.22. The maximum Gasteiger partial charge on any atom is 0.174 e. The summed E-state index contributed by atoms with van der Waals surface area (Å²) in [5.74, 6) is -0.622. The minimum Gasteiger partial charge on any atom is -0.347 e. The van der Waals surface area contributed by atoms with Crippen molar-refractivity contribution >= 4 is 23.2 Å². The van der Waals surface area contributed by atoms with Crippen molar-refractivity contribution in [2.45, 2.75) is 31.1 Å². The van der Waals surface area contributed by atoms with Crippen molar-refractivity contribution in [1.82, 2.24) is 0 Å². The van der Waals surface area contributed by atoms with Crippen molar-refractivity contribution in [3.05, 3.63) is 23.3 Å². The highest BCUT2D eigenvalue weighted by molar-refractivity contribution is 6.32. The van der Waals surface area contributed by atoms with Crippen LogP contribution in [0.2, 0.25) is 0 Å². The van der Waals surface area contributed by atoms with Gasteiger partial charge in [-0.3, -0.25) is 0 Å². The summed E-state index contributed by atoms with van der Waals surface area (Å²) in [5.41, 5.74) is 0. The predicted octanol–water partition coefficient (Wildman–Crippen LogP) is 3.05. The van der Waals surface area contributed by atoms with Gasteiger partial charge in [-0.15, -0.1) is 11.6 Å². The van der Waals surface area contributed by atoms with E-state index in [2.05, 4.69) is 0 Å². The summed E-state index contributed by atoms with van der Waals surface area (Å²) < 4.78 is 11.4. The molecule has 2 nitrogen and oxygen atoms in total. The molecule has 0 aromatic rings. The van der Waals surface area contributed by atoms with E-state index in [0.29, 0.717) is 11.6 Å². The highest BCUT2D eigenvalue weighted by Gasteiger charge is 2.44. The van der Waals surface area contributed by atoms with Crippen LogP contribution in [0.25, 0.3) is 0 Å². The van der Waals surface area contributed by atoms with E-state index < -0.39 is 5.79 Å². The Hall–Kier alpha value is -0.0200. The first-order chi connectivity index (χ1) is 7.01. The van der Waals surface area contributed by atoms with E-state index in [-0.39, 0.29) is 17.4 Å². The Labute approximate surface area is 99.8 Å². The van der Waals surface area contributed by atoms with Gasteiger partial charge in [0.15, 0.2) is 5.79 Å². The summed E-state index contributed by atoms with van der Waals surface area (Å²) in [6.45, 7) is 4.53. The molecule has 0 aromatic heterocycles. The molecule has 4 unspecified atom stereocenters. The molecule has 15 heavy (non-hydrogen) atoms. The first kappa shape index (κ1) is 11.5. The third-order valence-corrected chi connectivity index (χ3v) is 3.42. The molecule has 1 saturated heterocycles. The van der Waals surface area contributed by atoms with Crippen molar-refractivity contribution in [3.63, 3.8) is 0 Å². The van der Waals surface area contributed by atoms with Crippen molar-refractivity contribution < 1.29 is 9.47 Å². The molecule has 2 rings (SSSR count). The molecule has 0 aromatic carbocycles. The highest BCUT2D eigenvalue weighted by atomic mass is 35.5. The average Bonchev–Trinajstić information content (AvgIpc) is 2.46. The number of alkyl halides is 1. The number of hydrogen-bond donors (Lipinski definition) is 0. The lowest BCUT2D eigenvalue weighted by Gasteiger charge is -2.34. The van der Waals surface area contributed by atoms with Gasteiger partial charge in [0, 0.05) is 5.03 Å². The van der Waals surface area contributed by atoms with Gasteiger partial charge in [0.1, 0.15) is 0 Å². The first-order valence-corrected chi connectivity index (χ1v) is 5.84. The number of allylic oxidation sites excluding steroid dienone is 3. The van der Waals surface area contributed by atoms with Gasteiger partial charge < -0.3 is 9.47 Å². The van der Waals surface area contributed by atoms with Crippen molar-refractivity contribution in [1.29, 1.82) is 0 Å². The fourth-order valence-corrected chi connectivity index (χ4v) is 2.72. The average molecular weight is 249 g/mol. The Morgan fingerprint density at radius 1 is 1.53 bits per heavy atom. The molecule has 4 atom stereocenters. The van der Waals surface area contributed by atoms with Gasteiger partial charge in [0.2, 0.25) is 0 Å². The lowest BCUT2D eigenvalue weighted by atomic mass is 9.92. The van der Waals surface area contributed by atoms with E-state index in [9.17, 15) is 0 Å². The van der Waals surface area contributed by atoms with Crippen LogP contribution < -0.4 is 0 Å². The summed E-state index contributed by atoms with van der Waals surface area (Å²) in [4.78, 5) is 0. The van der Waals surface area contributed by atoms with Crippen molar-refractivity contribution in [3.8, 4) is 0 Å². The molecule has 0 spiro atoms. The Balaban J connectivity index is 2.15. The molecular formula is C11H14Cl2O2. The van der Waals surface area contributed by atoms with Crippen LogP contribution in [-0.4, -0.2) is 23.9 Å². The van der Waals surface area contributed by atoms with E-state index in [0.717, 1.165) is 0 Å². The largest absolute Gasteiger partial charge is 0.347 e. The van der Waals surface area contributed by atoms with E-state index in [4.69, 9.17) is 32.7 Å². The SMILES string of the molecule is CC1COC(C)(C2C=CC(Cl)=CC2Cl)O1. The molecule has 4 heteroatoms. The van der Waals surface area contributed by atoms with Gasteiger partial charge >= 0.3 is 0 Å². The van der Waals surface area contributed by atoms with Crippen LogP contribution in [0.3, 0.4) is 0 Å². The van der Waals surface area contributed by atoms with E-state index in [1.807, 2.05) is 32.1 Å². The van der Waals surface area contributed by atoms with Crippen molar-refractivity contribution in [2.75, 3.05) is 6.61 Å². The number of ether oxygens (including phenoxy) is 2. The molecule has 1 aliphatic carbocycles. The quantitative estimate of drug-likeness (QED) is 0.665. The fraction of sp³-hybridized carbons (Fsp3) is 0.636. The smallest absolute Gasteiger partial charge is 0.174 e. The summed E-state index contributed by atoms with van der Waals surface area (Å²) in [5, 5.41) is 0.485. The van der Waals surface area contributed by atoms with E-state index >= 15 is 0 Å². The summed E-state index contributed by atoms with van der Waals surface area (Å²) in [7, 11) is 0. The van der Waals surface area contributed by atoms with Crippen LogP contribution in [-0.2, 0) is 9.47 Å². The third kappa shape index (κ3) is 2.23. The maximum absolute atomic E-state index is 6.22. The summed E-state index contributed by atoms with van der Waals surface area (Å²) in [6, 6.07) is 0. The number of halogens is 2.